The standard InChI is InChI=1S/C6H8N6/c7-5(12-6(8)9)4-3-10-1-2-11-4/h1-3H,(H5,7,8,9,12). The van der Waals surface area contributed by atoms with E-state index < -0.39 is 0 Å². The molecular weight excluding hydrogens is 156 g/mol. The van der Waals surface area contributed by atoms with Crippen LogP contribution in [0.3, 0.4) is 0 Å². The third-order valence-corrected chi connectivity index (χ3v) is 1.07. The van der Waals surface area contributed by atoms with Gasteiger partial charge in [-0.2, -0.15) is 4.99 Å². The van der Waals surface area contributed by atoms with E-state index in [0.717, 1.165) is 0 Å². The molecule has 1 rings (SSSR count). The molecule has 0 amide bonds. The summed E-state index contributed by atoms with van der Waals surface area (Å²) < 4.78 is 0. The summed E-state index contributed by atoms with van der Waals surface area (Å²) in [5.41, 5.74) is 10.8. The summed E-state index contributed by atoms with van der Waals surface area (Å²) in [7, 11) is 0. The first-order valence-corrected chi connectivity index (χ1v) is 3.14. The molecule has 5 N–H and O–H groups in total. The predicted octanol–water partition coefficient (Wildman–Crippen LogP) is -0.925. The van der Waals surface area contributed by atoms with Crippen LogP contribution in [-0.2, 0) is 0 Å². The average molecular weight is 164 g/mol. The number of nitrogens with two attached hydrogens (primary N) is 2. The molecular formula is C6H8N6. The molecule has 0 atom stereocenters. The molecule has 62 valence electrons. The Balaban J connectivity index is 2.93. The zero-order valence-corrected chi connectivity index (χ0v) is 6.23. The highest BCUT2D eigenvalue weighted by Gasteiger charge is 1.98. The Hall–Kier alpha value is -1.98. The van der Waals surface area contributed by atoms with Crippen molar-refractivity contribution in [1.29, 1.82) is 5.41 Å². The highest BCUT2D eigenvalue weighted by Crippen LogP contribution is 1.88. The predicted molar refractivity (Wildman–Crippen MR) is 44.7 cm³/mol. The molecule has 12 heavy (non-hydrogen) atoms. The molecule has 0 bridgehead atoms. The summed E-state index contributed by atoms with van der Waals surface area (Å²) in [5.74, 6) is -0.256. The molecule has 0 aromatic carbocycles. The van der Waals surface area contributed by atoms with Crippen LogP contribution in [0.2, 0.25) is 0 Å². The summed E-state index contributed by atoms with van der Waals surface area (Å²) in [6, 6.07) is 0. The highest BCUT2D eigenvalue weighted by molar-refractivity contribution is 6.02. The van der Waals surface area contributed by atoms with Gasteiger partial charge in [-0.3, -0.25) is 10.4 Å². The molecule has 0 aliphatic rings. The Labute approximate surface area is 68.9 Å². The molecule has 1 heterocycles. The summed E-state index contributed by atoms with van der Waals surface area (Å²) in [6.07, 6.45) is 4.45. The third kappa shape index (κ3) is 2.01. The Morgan fingerprint density at radius 1 is 1.42 bits per heavy atom. The van der Waals surface area contributed by atoms with Crippen LogP contribution in [0.4, 0.5) is 0 Å². The van der Waals surface area contributed by atoms with Crippen molar-refractivity contribution >= 4 is 11.8 Å². The summed E-state index contributed by atoms with van der Waals surface area (Å²) >= 11 is 0. The molecule has 0 unspecified atom stereocenters. The van der Waals surface area contributed by atoms with Gasteiger partial charge in [0, 0.05) is 12.4 Å². The van der Waals surface area contributed by atoms with Crippen molar-refractivity contribution in [3.05, 3.63) is 24.3 Å². The minimum absolute atomic E-state index is 0.0931. The number of aliphatic imine (C=N–C) groups is 1. The zero-order chi connectivity index (χ0) is 8.97. The van der Waals surface area contributed by atoms with Crippen molar-refractivity contribution in [2.24, 2.45) is 16.5 Å². The molecule has 0 spiro atoms. The fourth-order valence-corrected chi connectivity index (χ4v) is 0.618. The maximum Gasteiger partial charge on any atom is 0.214 e. The van der Waals surface area contributed by atoms with Crippen LogP contribution in [0.5, 0.6) is 0 Å². The van der Waals surface area contributed by atoms with Gasteiger partial charge in [0.05, 0.1) is 6.20 Å². The van der Waals surface area contributed by atoms with E-state index in [9.17, 15) is 0 Å². The van der Waals surface area contributed by atoms with Crippen LogP contribution in [0.25, 0.3) is 0 Å². The van der Waals surface area contributed by atoms with E-state index in [2.05, 4.69) is 15.0 Å². The van der Waals surface area contributed by atoms with E-state index in [1.807, 2.05) is 0 Å². The van der Waals surface area contributed by atoms with E-state index in [-0.39, 0.29) is 11.8 Å². The number of aromatic nitrogens is 2. The second-order valence-corrected chi connectivity index (χ2v) is 1.97. The van der Waals surface area contributed by atoms with Crippen LogP contribution in [0.1, 0.15) is 5.69 Å². The SMILES string of the molecule is N=C(N)N=C(N)c1cnccn1. The van der Waals surface area contributed by atoms with Crippen molar-refractivity contribution < 1.29 is 0 Å². The Morgan fingerprint density at radius 3 is 2.67 bits per heavy atom. The van der Waals surface area contributed by atoms with Gasteiger partial charge >= 0.3 is 0 Å². The second kappa shape index (κ2) is 3.42. The Bertz CT molecular complexity index is 303. The van der Waals surface area contributed by atoms with E-state index >= 15 is 0 Å². The number of hydrogen-bond acceptors (Lipinski definition) is 3. The lowest BCUT2D eigenvalue weighted by molar-refractivity contribution is 1.17. The lowest BCUT2D eigenvalue weighted by Crippen LogP contribution is -2.20. The summed E-state index contributed by atoms with van der Waals surface area (Å²) in [6.45, 7) is 0. The van der Waals surface area contributed by atoms with Gasteiger partial charge in [-0.25, -0.2) is 4.98 Å². The second-order valence-electron chi connectivity index (χ2n) is 1.97. The largest absolute Gasteiger partial charge is 0.382 e. The Kier molecular flexibility index (Phi) is 2.32. The van der Waals surface area contributed by atoms with Gasteiger partial charge in [-0.15, -0.1) is 0 Å². The molecule has 1 aromatic heterocycles. The van der Waals surface area contributed by atoms with Crippen molar-refractivity contribution in [2.45, 2.75) is 0 Å². The monoisotopic (exact) mass is 164 g/mol. The minimum atomic E-state index is -0.349. The molecule has 6 nitrogen and oxygen atoms in total. The van der Waals surface area contributed by atoms with Crippen molar-refractivity contribution in [1.82, 2.24) is 9.97 Å². The number of nitrogens with zero attached hydrogens (tertiary/aromatic N) is 3. The lowest BCUT2D eigenvalue weighted by atomic mass is 10.4. The summed E-state index contributed by atoms with van der Waals surface area (Å²) in [4.78, 5) is 11.1. The lowest BCUT2D eigenvalue weighted by Gasteiger charge is -1.96. The molecule has 0 saturated carbocycles. The summed E-state index contributed by atoms with van der Waals surface area (Å²) in [5, 5.41) is 6.84. The highest BCUT2D eigenvalue weighted by atomic mass is 15.0. The van der Waals surface area contributed by atoms with Crippen LogP contribution in [0, 0.1) is 5.41 Å². The van der Waals surface area contributed by atoms with Crippen LogP contribution >= 0.6 is 0 Å². The van der Waals surface area contributed by atoms with E-state index in [4.69, 9.17) is 16.9 Å². The number of nitrogens with one attached hydrogen (secondary N) is 1. The van der Waals surface area contributed by atoms with Gasteiger partial charge in [-0.1, -0.05) is 0 Å². The molecule has 0 fully saturated rings. The van der Waals surface area contributed by atoms with Crippen molar-refractivity contribution in [3.8, 4) is 0 Å². The smallest absolute Gasteiger partial charge is 0.214 e. The fraction of sp³-hybridized carbons (Fsp3) is 0. The maximum absolute atomic E-state index is 6.84. The van der Waals surface area contributed by atoms with Crippen LogP contribution < -0.4 is 11.5 Å². The minimum Gasteiger partial charge on any atom is -0.382 e. The van der Waals surface area contributed by atoms with E-state index in [0.29, 0.717) is 5.69 Å². The first kappa shape index (κ1) is 8.12. The van der Waals surface area contributed by atoms with Crippen LogP contribution in [-0.4, -0.2) is 21.8 Å². The molecule has 0 aliphatic heterocycles. The normalized spacial score (nSPS) is 11.2. The van der Waals surface area contributed by atoms with Gasteiger partial charge in [-0.05, 0) is 0 Å². The average Bonchev–Trinajstić information content (AvgIpc) is 2.05. The first-order valence-electron chi connectivity index (χ1n) is 3.14. The third-order valence-electron chi connectivity index (χ3n) is 1.07. The fourth-order valence-electron chi connectivity index (χ4n) is 0.618. The number of amidine groups is 1. The molecule has 0 radical (unpaired) electrons. The zero-order valence-electron chi connectivity index (χ0n) is 6.23. The first-order chi connectivity index (χ1) is 5.70. The molecule has 6 heteroatoms. The topological polar surface area (TPSA) is 114 Å². The molecule has 1 aromatic rings. The van der Waals surface area contributed by atoms with E-state index in [1.54, 1.807) is 0 Å². The van der Waals surface area contributed by atoms with Crippen molar-refractivity contribution in [3.63, 3.8) is 0 Å². The number of guanidine groups is 1. The van der Waals surface area contributed by atoms with E-state index in [1.165, 1.54) is 18.6 Å². The van der Waals surface area contributed by atoms with Gasteiger partial charge < -0.3 is 11.5 Å². The molecule has 0 aliphatic carbocycles. The van der Waals surface area contributed by atoms with Crippen LogP contribution in [0.15, 0.2) is 23.6 Å². The van der Waals surface area contributed by atoms with Crippen molar-refractivity contribution in [2.75, 3.05) is 0 Å². The van der Waals surface area contributed by atoms with Gasteiger partial charge in [0.1, 0.15) is 5.69 Å². The molecule has 0 saturated heterocycles. The quantitative estimate of drug-likeness (QED) is 0.367. The maximum atomic E-state index is 6.84. The number of hydrogen-bond donors (Lipinski definition) is 3. The Morgan fingerprint density at radius 2 is 2.17 bits per heavy atom. The van der Waals surface area contributed by atoms with Gasteiger partial charge in [0.25, 0.3) is 0 Å². The van der Waals surface area contributed by atoms with Gasteiger partial charge in [0.2, 0.25) is 5.96 Å². The van der Waals surface area contributed by atoms with Gasteiger partial charge in [0.15, 0.2) is 5.84 Å². The number of rotatable bonds is 1.